The first kappa shape index (κ1) is 17.8. The molecule has 1 spiro atoms. The topological polar surface area (TPSA) is 75.2 Å². The van der Waals surface area contributed by atoms with E-state index in [4.69, 9.17) is 0 Å². The summed E-state index contributed by atoms with van der Waals surface area (Å²) in [5.41, 5.74) is 1.58. The van der Waals surface area contributed by atoms with Crippen molar-refractivity contribution in [1.82, 2.24) is 20.2 Å². The van der Waals surface area contributed by atoms with E-state index in [2.05, 4.69) is 15.3 Å². The van der Waals surface area contributed by atoms with Gasteiger partial charge in [-0.15, -0.1) is 0 Å². The standard InChI is InChI=1S/C19H28N4O2/c1-13(2)17-21-12-15(14(3)22-17)18(25)23-10-7-19(8-11-23)5-4-16(24)20-9-6-19/h12-13H,4-11H2,1-3H3,(H,20,24). The molecule has 0 atom stereocenters. The summed E-state index contributed by atoms with van der Waals surface area (Å²) in [5, 5.41) is 2.96. The Hall–Kier alpha value is -1.98. The predicted octanol–water partition coefficient (Wildman–Crippen LogP) is 2.43. The van der Waals surface area contributed by atoms with Gasteiger partial charge in [0.05, 0.1) is 11.3 Å². The van der Waals surface area contributed by atoms with Crippen molar-refractivity contribution < 1.29 is 9.59 Å². The smallest absolute Gasteiger partial charge is 0.257 e. The molecule has 3 rings (SSSR count). The fourth-order valence-electron chi connectivity index (χ4n) is 3.89. The second kappa shape index (κ2) is 7.10. The van der Waals surface area contributed by atoms with Gasteiger partial charge in [0, 0.05) is 38.2 Å². The first-order valence-electron chi connectivity index (χ1n) is 9.30. The van der Waals surface area contributed by atoms with Gasteiger partial charge in [0.15, 0.2) is 0 Å². The molecular weight excluding hydrogens is 316 g/mol. The fraction of sp³-hybridized carbons (Fsp3) is 0.684. The van der Waals surface area contributed by atoms with E-state index in [1.54, 1.807) is 6.20 Å². The van der Waals surface area contributed by atoms with E-state index in [9.17, 15) is 9.59 Å². The molecule has 6 heteroatoms. The lowest BCUT2D eigenvalue weighted by Gasteiger charge is -2.41. The van der Waals surface area contributed by atoms with Gasteiger partial charge in [0.1, 0.15) is 5.82 Å². The van der Waals surface area contributed by atoms with Crippen LogP contribution in [-0.2, 0) is 4.79 Å². The van der Waals surface area contributed by atoms with Gasteiger partial charge >= 0.3 is 0 Å². The molecule has 2 saturated heterocycles. The lowest BCUT2D eigenvalue weighted by Crippen LogP contribution is -2.43. The Bertz CT molecular complexity index is 663. The number of hydrogen-bond donors (Lipinski definition) is 1. The van der Waals surface area contributed by atoms with Crippen LogP contribution in [-0.4, -0.2) is 46.3 Å². The van der Waals surface area contributed by atoms with Gasteiger partial charge in [-0.3, -0.25) is 9.59 Å². The van der Waals surface area contributed by atoms with Crippen molar-refractivity contribution in [2.75, 3.05) is 19.6 Å². The van der Waals surface area contributed by atoms with Gasteiger partial charge < -0.3 is 10.2 Å². The Kier molecular flexibility index (Phi) is 5.06. The molecule has 0 aliphatic carbocycles. The van der Waals surface area contributed by atoms with E-state index in [0.717, 1.165) is 56.8 Å². The molecule has 0 unspecified atom stereocenters. The van der Waals surface area contributed by atoms with Crippen molar-refractivity contribution >= 4 is 11.8 Å². The van der Waals surface area contributed by atoms with E-state index >= 15 is 0 Å². The molecule has 25 heavy (non-hydrogen) atoms. The van der Waals surface area contributed by atoms with Crippen molar-refractivity contribution in [3.8, 4) is 0 Å². The molecule has 1 aromatic heterocycles. The number of hydrogen-bond acceptors (Lipinski definition) is 4. The number of likely N-dealkylation sites (tertiary alicyclic amines) is 1. The van der Waals surface area contributed by atoms with Crippen molar-refractivity contribution in [2.45, 2.75) is 58.8 Å². The number of nitrogens with zero attached hydrogens (tertiary/aromatic N) is 3. The molecule has 1 N–H and O–H groups in total. The Morgan fingerprint density at radius 3 is 2.60 bits per heavy atom. The summed E-state index contributed by atoms with van der Waals surface area (Å²) in [4.78, 5) is 35.2. The molecule has 2 aliphatic rings. The number of aromatic nitrogens is 2. The van der Waals surface area contributed by atoms with Crippen molar-refractivity contribution in [3.05, 3.63) is 23.3 Å². The highest BCUT2D eigenvalue weighted by Crippen LogP contribution is 2.40. The number of carbonyl (C=O) groups is 2. The van der Waals surface area contributed by atoms with Gasteiger partial charge in [0.25, 0.3) is 5.91 Å². The summed E-state index contributed by atoms with van der Waals surface area (Å²) in [6.07, 6.45) is 6.18. The van der Waals surface area contributed by atoms with E-state index in [1.165, 1.54) is 0 Å². The van der Waals surface area contributed by atoms with E-state index < -0.39 is 0 Å². The molecule has 1 aromatic rings. The lowest BCUT2D eigenvalue weighted by molar-refractivity contribution is -0.121. The highest BCUT2D eigenvalue weighted by molar-refractivity contribution is 5.95. The molecule has 0 aromatic carbocycles. The molecular formula is C19H28N4O2. The SMILES string of the molecule is Cc1nc(C(C)C)ncc1C(=O)N1CCC2(CCNC(=O)CC2)CC1. The average Bonchev–Trinajstić information content (AvgIpc) is 2.77. The molecule has 0 radical (unpaired) electrons. The third-order valence-electron chi connectivity index (χ3n) is 5.72. The fourth-order valence-corrected chi connectivity index (χ4v) is 3.89. The van der Waals surface area contributed by atoms with Crippen LogP contribution in [0.2, 0.25) is 0 Å². The molecule has 2 amide bonds. The number of nitrogens with one attached hydrogen (secondary N) is 1. The summed E-state index contributed by atoms with van der Waals surface area (Å²) in [6.45, 7) is 8.24. The first-order valence-corrected chi connectivity index (χ1v) is 9.30. The largest absolute Gasteiger partial charge is 0.356 e. The van der Waals surface area contributed by atoms with Gasteiger partial charge in [-0.2, -0.15) is 0 Å². The Balaban J connectivity index is 1.66. The minimum atomic E-state index is 0.0329. The average molecular weight is 344 g/mol. The van der Waals surface area contributed by atoms with Crippen LogP contribution >= 0.6 is 0 Å². The molecule has 2 fully saturated rings. The van der Waals surface area contributed by atoms with Crippen LogP contribution in [0, 0.1) is 12.3 Å². The number of rotatable bonds is 2. The summed E-state index contributed by atoms with van der Waals surface area (Å²) in [7, 11) is 0. The maximum Gasteiger partial charge on any atom is 0.257 e. The summed E-state index contributed by atoms with van der Waals surface area (Å²) in [5.74, 6) is 1.23. The highest BCUT2D eigenvalue weighted by atomic mass is 16.2. The minimum absolute atomic E-state index is 0.0329. The zero-order valence-electron chi connectivity index (χ0n) is 15.5. The second-order valence-electron chi connectivity index (χ2n) is 7.77. The monoisotopic (exact) mass is 344 g/mol. The second-order valence-corrected chi connectivity index (χ2v) is 7.77. The van der Waals surface area contributed by atoms with Gasteiger partial charge in [0.2, 0.25) is 5.91 Å². The van der Waals surface area contributed by atoms with Crippen LogP contribution in [0.5, 0.6) is 0 Å². The van der Waals surface area contributed by atoms with Crippen LogP contribution < -0.4 is 5.32 Å². The number of piperidine rings is 1. The summed E-state index contributed by atoms with van der Waals surface area (Å²) in [6, 6.07) is 0. The normalized spacial score (nSPS) is 20.5. The maximum atomic E-state index is 12.9. The Morgan fingerprint density at radius 2 is 1.96 bits per heavy atom. The quantitative estimate of drug-likeness (QED) is 0.894. The van der Waals surface area contributed by atoms with E-state index in [1.807, 2.05) is 25.7 Å². The van der Waals surface area contributed by atoms with Crippen molar-refractivity contribution in [2.24, 2.45) is 5.41 Å². The van der Waals surface area contributed by atoms with Crippen LogP contribution in [0.15, 0.2) is 6.20 Å². The molecule has 6 nitrogen and oxygen atoms in total. The first-order chi connectivity index (χ1) is 11.9. The van der Waals surface area contributed by atoms with Crippen LogP contribution in [0.4, 0.5) is 0 Å². The molecule has 3 heterocycles. The van der Waals surface area contributed by atoms with Gasteiger partial charge in [-0.05, 0) is 38.0 Å². The van der Waals surface area contributed by atoms with Crippen molar-refractivity contribution in [3.63, 3.8) is 0 Å². The Morgan fingerprint density at radius 1 is 1.24 bits per heavy atom. The third kappa shape index (κ3) is 3.83. The van der Waals surface area contributed by atoms with Crippen LogP contribution in [0.1, 0.15) is 73.7 Å². The summed E-state index contributed by atoms with van der Waals surface area (Å²) >= 11 is 0. The predicted molar refractivity (Wildman–Crippen MR) is 95.3 cm³/mol. The lowest BCUT2D eigenvalue weighted by atomic mass is 9.73. The highest BCUT2D eigenvalue weighted by Gasteiger charge is 2.37. The zero-order valence-corrected chi connectivity index (χ0v) is 15.5. The maximum absolute atomic E-state index is 12.9. The molecule has 136 valence electrons. The molecule has 2 aliphatic heterocycles. The van der Waals surface area contributed by atoms with Crippen LogP contribution in [0.25, 0.3) is 0 Å². The van der Waals surface area contributed by atoms with Crippen molar-refractivity contribution in [1.29, 1.82) is 0 Å². The van der Waals surface area contributed by atoms with E-state index in [0.29, 0.717) is 12.0 Å². The van der Waals surface area contributed by atoms with Gasteiger partial charge in [-0.1, -0.05) is 13.8 Å². The van der Waals surface area contributed by atoms with Gasteiger partial charge in [-0.25, -0.2) is 9.97 Å². The Labute approximate surface area is 149 Å². The zero-order chi connectivity index (χ0) is 18.0. The summed E-state index contributed by atoms with van der Waals surface area (Å²) < 4.78 is 0. The molecule has 0 saturated carbocycles. The molecule has 0 bridgehead atoms. The number of amides is 2. The third-order valence-corrected chi connectivity index (χ3v) is 5.72. The van der Waals surface area contributed by atoms with E-state index in [-0.39, 0.29) is 23.1 Å². The van der Waals surface area contributed by atoms with Crippen LogP contribution in [0.3, 0.4) is 0 Å². The number of carbonyl (C=O) groups excluding carboxylic acids is 2. The number of aryl methyl sites for hydroxylation is 1. The minimum Gasteiger partial charge on any atom is -0.356 e.